The second kappa shape index (κ2) is 4.04. The molecule has 86 valence electrons. The van der Waals surface area contributed by atoms with Crippen LogP contribution in [-0.2, 0) is 16.0 Å². The summed E-state index contributed by atoms with van der Waals surface area (Å²) in [6, 6.07) is 5.62. The average molecular weight is 221 g/mol. The lowest BCUT2D eigenvalue weighted by Crippen LogP contribution is -2.36. The van der Waals surface area contributed by atoms with Gasteiger partial charge >= 0.3 is 5.97 Å². The third kappa shape index (κ3) is 1.60. The predicted molar refractivity (Wildman–Crippen MR) is 60.9 cm³/mol. The fourth-order valence-corrected chi connectivity index (χ4v) is 2.09. The van der Waals surface area contributed by atoms with E-state index in [1.165, 1.54) is 7.11 Å². The van der Waals surface area contributed by atoms with Gasteiger partial charge in [-0.3, -0.25) is 0 Å². The molecule has 0 saturated carbocycles. The van der Waals surface area contributed by atoms with Crippen LogP contribution in [0.4, 0.5) is 5.69 Å². The Balaban J connectivity index is 2.30. The van der Waals surface area contributed by atoms with E-state index in [1.807, 2.05) is 30.1 Å². The maximum absolute atomic E-state index is 11.6. The Morgan fingerprint density at radius 1 is 1.44 bits per heavy atom. The van der Waals surface area contributed by atoms with E-state index in [-0.39, 0.29) is 12.0 Å². The van der Waals surface area contributed by atoms with Gasteiger partial charge in [0.1, 0.15) is 11.8 Å². The summed E-state index contributed by atoms with van der Waals surface area (Å²) in [6.45, 7) is 0. The van der Waals surface area contributed by atoms with E-state index in [4.69, 9.17) is 9.47 Å². The summed E-state index contributed by atoms with van der Waals surface area (Å²) in [6.07, 6.45) is 0.676. The highest BCUT2D eigenvalue weighted by Gasteiger charge is 2.32. The fraction of sp³-hybridized carbons (Fsp3) is 0.417. The molecule has 4 heteroatoms. The number of carbonyl (C=O) groups excluding carboxylic acids is 1. The Hall–Kier alpha value is -1.71. The summed E-state index contributed by atoms with van der Waals surface area (Å²) in [5, 5.41) is 0. The minimum Gasteiger partial charge on any atom is -0.497 e. The fourth-order valence-electron chi connectivity index (χ4n) is 2.09. The maximum Gasteiger partial charge on any atom is 0.328 e. The number of hydrogen-bond acceptors (Lipinski definition) is 4. The molecule has 2 rings (SSSR count). The summed E-state index contributed by atoms with van der Waals surface area (Å²) in [5.41, 5.74) is 2.19. The topological polar surface area (TPSA) is 38.8 Å². The van der Waals surface area contributed by atoms with Gasteiger partial charge in [-0.15, -0.1) is 0 Å². The molecule has 0 bridgehead atoms. The molecule has 0 spiro atoms. The molecule has 1 aliphatic heterocycles. The lowest BCUT2D eigenvalue weighted by Gasteiger charge is -2.19. The van der Waals surface area contributed by atoms with Crippen LogP contribution in [0.25, 0.3) is 0 Å². The second-order valence-corrected chi connectivity index (χ2v) is 3.85. The molecule has 1 aromatic carbocycles. The molecule has 0 amide bonds. The van der Waals surface area contributed by atoms with E-state index < -0.39 is 0 Å². The zero-order chi connectivity index (χ0) is 11.7. The molecule has 16 heavy (non-hydrogen) atoms. The molecular formula is C12H15NO3. The van der Waals surface area contributed by atoms with E-state index in [9.17, 15) is 4.79 Å². The van der Waals surface area contributed by atoms with Crippen molar-refractivity contribution in [2.45, 2.75) is 12.5 Å². The summed E-state index contributed by atoms with van der Waals surface area (Å²) >= 11 is 0. The summed E-state index contributed by atoms with van der Waals surface area (Å²) in [4.78, 5) is 13.5. The van der Waals surface area contributed by atoms with Gasteiger partial charge in [0.25, 0.3) is 0 Å². The number of rotatable bonds is 2. The first kappa shape index (κ1) is 10.8. The van der Waals surface area contributed by atoms with Crippen LogP contribution in [0.5, 0.6) is 5.75 Å². The van der Waals surface area contributed by atoms with Crippen LogP contribution in [0.3, 0.4) is 0 Å². The molecule has 1 atom stereocenters. The number of fused-ring (bicyclic) bond motifs is 1. The first-order valence-electron chi connectivity index (χ1n) is 5.15. The first-order chi connectivity index (χ1) is 7.67. The monoisotopic (exact) mass is 221 g/mol. The van der Waals surface area contributed by atoms with Gasteiger partial charge in [-0.25, -0.2) is 4.79 Å². The second-order valence-electron chi connectivity index (χ2n) is 3.85. The van der Waals surface area contributed by atoms with Crippen molar-refractivity contribution in [3.05, 3.63) is 23.8 Å². The number of anilines is 1. The molecule has 4 nitrogen and oxygen atoms in total. The van der Waals surface area contributed by atoms with Gasteiger partial charge in [-0.05, 0) is 23.8 Å². The van der Waals surface area contributed by atoms with E-state index in [0.29, 0.717) is 6.42 Å². The maximum atomic E-state index is 11.6. The van der Waals surface area contributed by atoms with E-state index >= 15 is 0 Å². The van der Waals surface area contributed by atoms with Crippen LogP contribution in [0.15, 0.2) is 18.2 Å². The molecule has 0 aromatic heterocycles. The lowest BCUT2D eigenvalue weighted by molar-refractivity contribution is -0.141. The molecule has 1 aromatic rings. The highest BCUT2D eigenvalue weighted by atomic mass is 16.5. The van der Waals surface area contributed by atoms with Gasteiger partial charge in [0.2, 0.25) is 0 Å². The minimum atomic E-state index is -0.216. The van der Waals surface area contributed by atoms with E-state index in [0.717, 1.165) is 17.0 Å². The number of nitrogens with zero attached hydrogens (tertiary/aromatic N) is 1. The Kier molecular flexibility index (Phi) is 2.73. The van der Waals surface area contributed by atoms with Crippen LogP contribution in [0.1, 0.15) is 5.56 Å². The molecule has 0 N–H and O–H groups in total. The summed E-state index contributed by atoms with van der Waals surface area (Å²) in [7, 11) is 4.96. The lowest BCUT2D eigenvalue weighted by atomic mass is 10.1. The number of benzene rings is 1. The van der Waals surface area contributed by atoms with Crippen molar-refractivity contribution in [3.8, 4) is 5.75 Å². The van der Waals surface area contributed by atoms with Gasteiger partial charge in [0.05, 0.1) is 14.2 Å². The minimum absolute atomic E-state index is 0.197. The molecule has 1 unspecified atom stereocenters. The first-order valence-corrected chi connectivity index (χ1v) is 5.15. The van der Waals surface area contributed by atoms with Crippen molar-refractivity contribution in [3.63, 3.8) is 0 Å². The Bertz CT molecular complexity index is 417. The van der Waals surface area contributed by atoms with Crippen molar-refractivity contribution < 1.29 is 14.3 Å². The van der Waals surface area contributed by atoms with Gasteiger partial charge < -0.3 is 14.4 Å². The highest BCUT2D eigenvalue weighted by Crippen LogP contribution is 2.33. The molecular weight excluding hydrogens is 206 g/mol. The van der Waals surface area contributed by atoms with Crippen molar-refractivity contribution in [2.24, 2.45) is 0 Å². The standard InChI is InChI=1S/C12H15NO3/c1-13-10-5-4-9(15-2)6-8(10)7-11(13)12(14)16-3/h4-6,11H,7H2,1-3H3. The quantitative estimate of drug-likeness (QED) is 0.704. The SMILES string of the molecule is COC(=O)C1Cc2cc(OC)ccc2N1C. The van der Waals surface area contributed by atoms with Crippen LogP contribution in [-0.4, -0.2) is 33.3 Å². The Labute approximate surface area is 94.8 Å². The smallest absolute Gasteiger partial charge is 0.328 e. The normalized spacial score (nSPS) is 18.2. The number of esters is 1. The average Bonchev–Trinajstić information content (AvgIpc) is 2.65. The van der Waals surface area contributed by atoms with Gasteiger partial charge in [-0.2, -0.15) is 0 Å². The molecule has 1 aliphatic rings. The van der Waals surface area contributed by atoms with Crippen LogP contribution >= 0.6 is 0 Å². The summed E-state index contributed by atoms with van der Waals surface area (Å²) < 4.78 is 9.94. The zero-order valence-electron chi connectivity index (χ0n) is 9.69. The third-order valence-corrected chi connectivity index (χ3v) is 3.02. The largest absolute Gasteiger partial charge is 0.497 e. The molecule has 0 radical (unpaired) electrons. The van der Waals surface area contributed by atoms with Crippen molar-refractivity contribution in [2.75, 3.05) is 26.2 Å². The van der Waals surface area contributed by atoms with Crippen LogP contribution < -0.4 is 9.64 Å². The number of hydrogen-bond donors (Lipinski definition) is 0. The van der Waals surface area contributed by atoms with Crippen LogP contribution in [0, 0.1) is 0 Å². The zero-order valence-corrected chi connectivity index (χ0v) is 9.69. The number of methoxy groups -OCH3 is 2. The highest BCUT2D eigenvalue weighted by molar-refractivity contribution is 5.83. The Morgan fingerprint density at radius 2 is 2.19 bits per heavy atom. The van der Waals surface area contributed by atoms with Crippen molar-refractivity contribution in [1.82, 2.24) is 0 Å². The van der Waals surface area contributed by atoms with Crippen LogP contribution in [0.2, 0.25) is 0 Å². The van der Waals surface area contributed by atoms with Crippen molar-refractivity contribution >= 4 is 11.7 Å². The Morgan fingerprint density at radius 3 is 2.81 bits per heavy atom. The molecule has 0 saturated heterocycles. The van der Waals surface area contributed by atoms with E-state index in [2.05, 4.69) is 0 Å². The van der Waals surface area contributed by atoms with Gasteiger partial charge in [-0.1, -0.05) is 0 Å². The summed E-state index contributed by atoms with van der Waals surface area (Å²) in [5.74, 6) is 0.621. The molecule has 0 fully saturated rings. The number of ether oxygens (including phenoxy) is 2. The third-order valence-electron chi connectivity index (χ3n) is 3.02. The van der Waals surface area contributed by atoms with Crippen molar-refractivity contribution in [1.29, 1.82) is 0 Å². The predicted octanol–water partition coefficient (Wildman–Crippen LogP) is 1.23. The molecule has 0 aliphatic carbocycles. The van der Waals surface area contributed by atoms with Gasteiger partial charge in [0.15, 0.2) is 0 Å². The van der Waals surface area contributed by atoms with Gasteiger partial charge in [0, 0.05) is 19.2 Å². The number of carbonyl (C=O) groups is 1. The molecule has 1 heterocycles. The number of likely N-dealkylation sites (N-methyl/N-ethyl adjacent to an activating group) is 1. The van der Waals surface area contributed by atoms with E-state index in [1.54, 1.807) is 7.11 Å².